The van der Waals surface area contributed by atoms with Crippen molar-refractivity contribution in [2.45, 2.75) is 37.0 Å². The maximum absolute atomic E-state index is 10.9. The molecule has 1 saturated heterocycles. The first-order valence-corrected chi connectivity index (χ1v) is 9.67. The standard InChI is InChI=1S/C15H22N6O5S/c1-27(3-2-7(16)15(24)25)4-8-10(22)11(23)14(26-8)21-6-20-9-12(17)18-5-19-13(9)21/h5-8,10-11,14,22-23H,2-4,16H2,1H3,(H2-,17,18,19,24,25)/p+1/t7-,8+,10-,11?,14+,27?/m0/s1/i1D3. The van der Waals surface area contributed by atoms with E-state index in [4.69, 9.17) is 25.4 Å². The fourth-order valence-electron chi connectivity index (χ4n) is 2.83. The first-order valence-electron chi connectivity index (χ1n) is 9.61. The third-order valence-corrected chi connectivity index (χ3v) is 5.82. The van der Waals surface area contributed by atoms with E-state index >= 15 is 0 Å². The van der Waals surface area contributed by atoms with Crippen molar-refractivity contribution in [3.05, 3.63) is 12.7 Å². The van der Waals surface area contributed by atoms with Crippen LogP contribution < -0.4 is 11.5 Å². The number of carbonyl (C=O) groups is 1. The highest BCUT2D eigenvalue weighted by atomic mass is 32.2. The number of fused-ring (bicyclic) bond motifs is 1. The Kier molecular flexibility index (Phi) is 4.71. The molecule has 27 heavy (non-hydrogen) atoms. The number of ether oxygens (including phenoxy) is 1. The number of imidazole rings is 1. The number of nitrogens with zero attached hydrogens (tertiary/aromatic N) is 4. The van der Waals surface area contributed by atoms with Gasteiger partial charge in [0.15, 0.2) is 17.7 Å². The maximum atomic E-state index is 10.9. The average Bonchev–Trinajstić information content (AvgIpc) is 3.21. The Morgan fingerprint density at radius 3 is 2.93 bits per heavy atom. The van der Waals surface area contributed by atoms with Gasteiger partial charge in [-0.1, -0.05) is 0 Å². The monoisotopic (exact) mass is 402 g/mol. The number of aliphatic hydroxyl groups is 2. The minimum atomic E-state index is -2.40. The van der Waals surface area contributed by atoms with Crippen molar-refractivity contribution in [2.75, 3.05) is 23.4 Å². The molecule has 0 aromatic carbocycles. The summed E-state index contributed by atoms with van der Waals surface area (Å²) in [4.78, 5) is 22.9. The summed E-state index contributed by atoms with van der Waals surface area (Å²) in [5, 5.41) is 29.9. The Hall–Kier alpha value is -1.99. The third kappa shape index (κ3) is 3.99. The Morgan fingerprint density at radius 2 is 2.22 bits per heavy atom. The summed E-state index contributed by atoms with van der Waals surface area (Å²) >= 11 is 0. The van der Waals surface area contributed by atoms with Crippen LogP contribution in [0.15, 0.2) is 12.7 Å². The van der Waals surface area contributed by atoms with Gasteiger partial charge in [-0.2, -0.15) is 0 Å². The molecule has 0 spiro atoms. The molecule has 3 heterocycles. The van der Waals surface area contributed by atoms with E-state index in [1.165, 1.54) is 17.2 Å². The fourth-order valence-corrected chi connectivity index (χ4v) is 4.20. The van der Waals surface area contributed by atoms with Gasteiger partial charge in [-0.05, 0) is 10.9 Å². The molecule has 0 radical (unpaired) electrons. The molecule has 3 rings (SSSR count). The van der Waals surface area contributed by atoms with Crippen molar-refractivity contribution in [1.82, 2.24) is 19.5 Å². The van der Waals surface area contributed by atoms with Gasteiger partial charge in [0.2, 0.25) is 0 Å². The average molecular weight is 402 g/mol. The normalized spacial score (nSPS) is 29.8. The molecule has 1 aliphatic heterocycles. The Balaban J connectivity index is 1.77. The fraction of sp³-hybridized carbons (Fsp3) is 0.600. The molecule has 1 fully saturated rings. The number of nitrogen functional groups attached to an aromatic ring is 1. The van der Waals surface area contributed by atoms with Crippen LogP contribution in [-0.4, -0.2) is 82.9 Å². The van der Waals surface area contributed by atoms with Gasteiger partial charge in [-0.25, -0.2) is 15.0 Å². The molecule has 2 aromatic rings. The summed E-state index contributed by atoms with van der Waals surface area (Å²) in [5.74, 6) is -1.15. The number of rotatable bonds is 7. The highest BCUT2D eigenvalue weighted by Crippen LogP contribution is 2.32. The Labute approximate surface area is 161 Å². The van der Waals surface area contributed by atoms with Gasteiger partial charge in [-0.15, -0.1) is 0 Å². The van der Waals surface area contributed by atoms with Gasteiger partial charge >= 0.3 is 5.97 Å². The Bertz CT molecular complexity index is 915. The lowest BCUT2D eigenvalue weighted by Crippen LogP contribution is -2.37. The molecule has 1 aliphatic rings. The third-order valence-electron chi connectivity index (χ3n) is 4.36. The SMILES string of the molecule is [2H]C([2H])([2H])[S+](CC[C@H](N)C(=O)O)C[C@H]1O[C@@H](n2cnc3c(N)ncnc32)C(O)[C@H]1O. The molecule has 6 atom stereocenters. The molecule has 0 aliphatic carbocycles. The van der Waals surface area contributed by atoms with Crippen LogP contribution >= 0.6 is 0 Å². The molecule has 148 valence electrons. The zero-order valence-electron chi connectivity index (χ0n) is 17.2. The van der Waals surface area contributed by atoms with Crippen LogP contribution in [0.3, 0.4) is 0 Å². The van der Waals surface area contributed by atoms with Crippen LogP contribution in [0.4, 0.5) is 5.82 Å². The zero-order chi connectivity index (χ0) is 22.2. The maximum Gasteiger partial charge on any atom is 0.320 e. The number of nitrogens with two attached hydrogens (primary N) is 2. The van der Waals surface area contributed by atoms with Gasteiger partial charge in [0.25, 0.3) is 0 Å². The second kappa shape index (κ2) is 7.94. The minimum absolute atomic E-state index is 0.0229. The number of hydrogen-bond acceptors (Lipinski definition) is 9. The first kappa shape index (κ1) is 16.0. The van der Waals surface area contributed by atoms with Crippen molar-refractivity contribution in [3.63, 3.8) is 0 Å². The quantitative estimate of drug-likeness (QED) is 0.327. The van der Waals surface area contributed by atoms with E-state index in [0.29, 0.717) is 11.2 Å². The lowest BCUT2D eigenvalue weighted by Gasteiger charge is -2.16. The van der Waals surface area contributed by atoms with Crippen LogP contribution in [0.2, 0.25) is 0 Å². The summed E-state index contributed by atoms with van der Waals surface area (Å²) in [6.07, 6.45) is -4.65. The summed E-state index contributed by atoms with van der Waals surface area (Å²) in [5.41, 5.74) is 11.8. The number of anilines is 1. The van der Waals surface area contributed by atoms with E-state index in [1.807, 2.05) is 0 Å². The van der Waals surface area contributed by atoms with Crippen molar-refractivity contribution < 1.29 is 29.0 Å². The highest BCUT2D eigenvalue weighted by Gasteiger charge is 2.46. The van der Waals surface area contributed by atoms with Crippen LogP contribution in [0.1, 0.15) is 16.8 Å². The summed E-state index contributed by atoms with van der Waals surface area (Å²) in [6.45, 7) is 0. The molecule has 0 saturated carbocycles. The molecule has 0 amide bonds. The van der Waals surface area contributed by atoms with Gasteiger partial charge < -0.3 is 31.5 Å². The highest BCUT2D eigenvalue weighted by molar-refractivity contribution is 7.96. The van der Waals surface area contributed by atoms with Gasteiger partial charge in [-0.3, -0.25) is 9.36 Å². The number of carboxylic acids is 1. The van der Waals surface area contributed by atoms with Crippen LogP contribution in [-0.2, 0) is 20.4 Å². The smallest absolute Gasteiger partial charge is 0.320 e. The molecule has 2 aromatic heterocycles. The predicted molar refractivity (Wildman–Crippen MR) is 98.9 cm³/mol. The topological polar surface area (TPSA) is 183 Å². The lowest BCUT2D eigenvalue weighted by atomic mass is 10.1. The molecule has 11 nitrogen and oxygen atoms in total. The molecule has 2 unspecified atom stereocenters. The second-order valence-electron chi connectivity index (χ2n) is 6.23. The van der Waals surface area contributed by atoms with Crippen LogP contribution in [0, 0.1) is 0 Å². The molecule has 0 bridgehead atoms. The van der Waals surface area contributed by atoms with Crippen LogP contribution in [0.25, 0.3) is 11.2 Å². The van der Waals surface area contributed by atoms with E-state index in [1.54, 1.807) is 0 Å². The molecular formula is C15H23N6O5S+. The Morgan fingerprint density at radius 1 is 1.44 bits per heavy atom. The first-order chi connectivity index (χ1) is 14.0. The van der Waals surface area contributed by atoms with Gasteiger partial charge in [0, 0.05) is 6.42 Å². The second-order valence-corrected chi connectivity index (χ2v) is 7.95. The van der Waals surface area contributed by atoms with E-state index in [9.17, 15) is 15.0 Å². The van der Waals surface area contributed by atoms with E-state index in [2.05, 4.69) is 15.0 Å². The van der Waals surface area contributed by atoms with Crippen molar-refractivity contribution in [1.29, 1.82) is 0 Å². The number of aliphatic hydroxyl groups excluding tert-OH is 2. The van der Waals surface area contributed by atoms with Crippen molar-refractivity contribution in [3.8, 4) is 0 Å². The summed E-state index contributed by atoms with van der Waals surface area (Å²) in [7, 11) is -1.31. The number of hydrogen-bond donors (Lipinski definition) is 5. The van der Waals surface area contributed by atoms with E-state index < -0.39 is 53.6 Å². The van der Waals surface area contributed by atoms with Gasteiger partial charge in [0.1, 0.15) is 47.7 Å². The molecular weight excluding hydrogens is 376 g/mol. The summed E-state index contributed by atoms with van der Waals surface area (Å²) in [6, 6.07) is -1.18. The zero-order valence-corrected chi connectivity index (χ0v) is 15.0. The molecule has 7 N–H and O–H groups in total. The van der Waals surface area contributed by atoms with Crippen molar-refractivity contribution in [2.24, 2.45) is 5.73 Å². The van der Waals surface area contributed by atoms with Gasteiger partial charge in [0.05, 0.1) is 16.6 Å². The van der Waals surface area contributed by atoms with Crippen LogP contribution in [0.5, 0.6) is 0 Å². The van der Waals surface area contributed by atoms with Crippen molar-refractivity contribution >= 4 is 33.8 Å². The van der Waals surface area contributed by atoms with E-state index in [0.717, 1.165) is 0 Å². The number of carboxylic acid groups (broad SMARTS) is 1. The number of aromatic nitrogens is 4. The number of aliphatic carboxylic acids is 1. The van der Waals surface area contributed by atoms with E-state index in [-0.39, 0.29) is 23.7 Å². The molecule has 12 heteroatoms. The summed E-state index contributed by atoms with van der Waals surface area (Å²) < 4.78 is 30.4. The largest absolute Gasteiger partial charge is 0.480 e. The minimum Gasteiger partial charge on any atom is -0.480 e. The lowest BCUT2D eigenvalue weighted by molar-refractivity contribution is -0.138. The predicted octanol–water partition coefficient (Wildman–Crippen LogP) is -1.92.